The Morgan fingerprint density at radius 1 is 1.06 bits per heavy atom. The summed E-state index contributed by atoms with van der Waals surface area (Å²) in [5, 5.41) is 0. The van der Waals surface area contributed by atoms with Gasteiger partial charge in [-0.25, -0.2) is 4.79 Å². The van der Waals surface area contributed by atoms with Gasteiger partial charge in [-0.15, -0.1) is 24.8 Å². The lowest BCUT2D eigenvalue weighted by atomic mass is 10.3. The van der Waals surface area contributed by atoms with Gasteiger partial charge < -0.3 is 14.7 Å². The van der Waals surface area contributed by atoms with Gasteiger partial charge in [0.2, 0.25) is 0 Å². The van der Waals surface area contributed by atoms with E-state index in [1.165, 1.54) is 0 Å². The lowest BCUT2D eigenvalue weighted by molar-refractivity contribution is 0.125. The Morgan fingerprint density at radius 2 is 1.50 bits per heavy atom. The average molecular weight is 272 g/mol. The molecule has 0 aliphatic carbocycles. The van der Waals surface area contributed by atoms with Crippen LogP contribution in [0.2, 0.25) is 0 Å². The number of hydrogen-bond donors (Lipinski definition) is 0. The second-order valence-corrected chi connectivity index (χ2v) is 3.75. The zero-order chi connectivity index (χ0) is 10.6. The minimum Gasteiger partial charge on any atom is -0.325 e. The van der Waals surface area contributed by atoms with Crippen molar-refractivity contribution in [3.63, 3.8) is 0 Å². The van der Waals surface area contributed by atoms with Crippen LogP contribution in [-0.4, -0.2) is 67.0 Å². The van der Waals surface area contributed by atoms with Crippen LogP contribution >= 0.6 is 24.8 Å². The number of rotatable bonds is 2. The van der Waals surface area contributed by atoms with E-state index >= 15 is 0 Å². The van der Waals surface area contributed by atoms with E-state index in [0.29, 0.717) is 0 Å². The molecule has 0 aromatic heterocycles. The predicted molar refractivity (Wildman–Crippen MR) is 71.9 cm³/mol. The van der Waals surface area contributed by atoms with Gasteiger partial charge in [-0.3, -0.25) is 0 Å². The maximum absolute atomic E-state index is 11.9. The third-order valence-corrected chi connectivity index (χ3v) is 2.81. The van der Waals surface area contributed by atoms with E-state index in [9.17, 15) is 4.79 Å². The number of carbonyl (C=O) groups excluding carboxylic acids is 1. The van der Waals surface area contributed by atoms with Crippen LogP contribution in [0.25, 0.3) is 0 Å². The van der Waals surface area contributed by atoms with E-state index in [0.717, 1.165) is 39.3 Å². The Labute approximate surface area is 111 Å². The molecule has 0 bridgehead atoms. The van der Waals surface area contributed by atoms with E-state index in [2.05, 4.69) is 11.9 Å². The Kier molecular flexibility index (Phi) is 10.1. The highest BCUT2D eigenvalue weighted by Crippen LogP contribution is 2.03. The van der Waals surface area contributed by atoms with Crippen LogP contribution in [0.1, 0.15) is 13.8 Å². The summed E-state index contributed by atoms with van der Waals surface area (Å²) in [4.78, 5) is 18.0. The SMILES string of the molecule is CCN(CC)C(=O)N1CCN(C)CC1.Cl.Cl. The highest BCUT2D eigenvalue weighted by Gasteiger charge is 2.21. The van der Waals surface area contributed by atoms with Gasteiger partial charge in [0.15, 0.2) is 0 Å². The molecule has 0 aromatic carbocycles. The Hall–Kier alpha value is -0.190. The van der Waals surface area contributed by atoms with Gasteiger partial charge in [-0.1, -0.05) is 0 Å². The van der Waals surface area contributed by atoms with Crippen molar-refractivity contribution in [1.29, 1.82) is 0 Å². The van der Waals surface area contributed by atoms with Crippen LogP contribution in [0, 0.1) is 0 Å². The summed E-state index contributed by atoms with van der Waals surface area (Å²) in [6, 6.07) is 0.197. The summed E-state index contributed by atoms with van der Waals surface area (Å²) in [7, 11) is 2.10. The third-order valence-electron chi connectivity index (χ3n) is 2.81. The topological polar surface area (TPSA) is 26.8 Å². The zero-order valence-electron chi connectivity index (χ0n) is 10.3. The van der Waals surface area contributed by atoms with Crippen LogP contribution in [0.4, 0.5) is 4.79 Å². The van der Waals surface area contributed by atoms with Gasteiger partial charge in [-0.05, 0) is 20.9 Å². The van der Waals surface area contributed by atoms with Gasteiger partial charge in [-0.2, -0.15) is 0 Å². The van der Waals surface area contributed by atoms with E-state index < -0.39 is 0 Å². The predicted octanol–water partition coefficient (Wildman–Crippen LogP) is 1.54. The lowest BCUT2D eigenvalue weighted by Gasteiger charge is -2.35. The Morgan fingerprint density at radius 3 is 1.88 bits per heavy atom. The molecule has 6 heteroatoms. The molecule has 1 aliphatic rings. The van der Waals surface area contributed by atoms with Crippen molar-refractivity contribution in [2.45, 2.75) is 13.8 Å². The summed E-state index contributed by atoms with van der Waals surface area (Å²) in [6.45, 7) is 9.38. The first-order valence-corrected chi connectivity index (χ1v) is 5.41. The maximum atomic E-state index is 11.9. The molecular formula is C10H23Cl2N3O. The molecule has 1 saturated heterocycles. The van der Waals surface area contributed by atoms with Gasteiger partial charge in [0.05, 0.1) is 0 Å². The lowest BCUT2D eigenvalue weighted by Crippen LogP contribution is -2.51. The number of piperazine rings is 1. The largest absolute Gasteiger partial charge is 0.325 e. The highest BCUT2D eigenvalue weighted by molar-refractivity contribution is 5.85. The summed E-state index contributed by atoms with van der Waals surface area (Å²) >= 11 is 0. The van der Waals surface area contributed by atoms with E-state index in [1.807, 2.05) is 23.6 Å². The molecule has 0 atom stereocenters. The van der Waals surface area contributed by atoms with Gasteiger partial charge >= 0.3 is 6.03 Å². The molecule has 0 radical (unpaired) electrons. The number of nitrogens with zero attached hydrogens (tertiary/aromatic N) is 3. The van der Waals surface area contributed by atoms with Gasteiger partial charge in [0, 0.05) is 39.3 Å². The van der Waals surface area contributed by atoms with Crippen LogP contribution in [-0.2, 0) is 0 Å². The standard InChI is InChI=1S/C10H21N3O.2ClH/c1-4-12(5-2)10(14)13-8-6-11(3)7-9-13;;/h4-9H2,1-3H3;2*1H. The van der Waals surface area contributed by atoms with E-state index in [1.54, 1.807) is 0 Å². The molecule has 1 heterocycles. The molecule has 1 fully saturated rings. The van der Waals surface area contributed by atoms with Crippen LogP contribution in [0.15, 0.2) is 0 Å². The van der Waals surface area contributed by atoms with E-state index in [-0.39, 0.29) is 30.8 Å². The summed E-state index contributed by atoms with van der Waals surface area (Å²) < 4.78 is 0. The minimum atomic E-state index is 0. The number of urea groups is 1. The molecule has 0 saturated carbocycles. The highest BCUT2D eigenvalue weighted by atomic mass is 35.5. The first kappa shape index (κ1) is 18.2. The van der Waals surface area contributed by atoms with Crippen LogP contribution < -0.4 is 0 Å². The summed E-state index contributed by atoms with van der Waals surface area (Å²) in [5.41, 5.74) is 0. The number of likely N-dealkylation sites (N-methyl/N-ethyl adjacent to an activating group) is 1. The van der Waals surface area contributed by atoms with E-state index in [4.69, 9.17) is 0 Å². The fourth-order valence-electron chi connectivity index (χ4n) is 1.69. The van der Waals surface area contributed by atoms with Crippen molar-refractivity contribution < 1.29 is 4.79 Å². The second kappa shape index (κ2) is 8.90. The number of halogens is 2. The van der Waals surface area contributed by atoms with Crippen LogP contribution in [0.5, 0.6) is 0 Å². The van der Waals surface area contributed by atoms with Crippen molar-refractivity contribution in [1.82, 2.24) is 14.7 Å². The molecular weight excluding hydrogens is 249 g/mol. The fraction of sp³-hybridized carbons (Fsp3) is 0.900. The van der Waals surface area contributed by atoms with Crippen molar-refractivity contribution in [2.24, 2.45) is 0 Å². The molecule has 0 N–H and O–H groups in total. The number of amides is 2. The number of hydrogen-bond acceptors (Lipinski definition) is 2. The average Bonchev–Trinajstić information content (AvgIpc) is 2.20. The normalized spacial score (nSPS) is 16.1. The van der Waals surface area contributed by atoms with Crippen LogP contribution in [0.3, 0.4) is 0 Å². The second-order valence-electron chi connectivity index (χ2n) is 3.75. The smallest absolute Gasteiger partial charge is 0.320 e. The monoisotopic (exact) mass is 271 g/mol. The van der Waals surface area contributed by atoms with Crippen molar-refractivity contribution in [3.05, 3.63) is 0 Å². The van der Waals surface area contributed by atoms with Gasteiger partial charge in [0.25, 0.3) is 0 Å². The molecule has 2 amide bonds. The molecule has 0 aromatic rings. The fourth-order valence-corrected chi connectivity index (χ4v) is 1.69. The van der Waals surface area contributed by atoms with Gasteiger partial charge in [0.1, 0.15) is 0 Å². The summed E-state index contributed by atoms with van der Waals surface area (Å²) in [6.07, 6.45) is 0. The van der Waals surface area contributed by atoms with Crippen molar-refractivity contribution in [2.75, 3.05) is 46.3 Å². The molecule has 0 unspecified atom stereocenters. The number of carbonyl (C=O) groups is 1. The van der Waals surface area contributed by atoms with Crippen molar-refractivity contribution >= 4 is 30.8 Å². The molecule has 98 valence electrons. The minimum absolute atomic E-state index is 0. The zero-order valence-corrected chi connectivity index (χ0v) is 11.9. The third kappa shape index (κ3) is 4.76. The molecule has 0 spiro atoms. The first-order valence-electron chi connectivity index (χ1n) is 5.41. The molecule has 1 rings (SSSR count). The Balaban J connectivity index is 0. The maximum Gasteiger partial charge on any atom is 0.320 e. The first-order chi connectivity index (χ1) is 6.69. The van der Waals surface area contributed by atoms with Crippen molar-refractivity contribution in [3.8, 4) is 0 Å². The molecule has 16 heavy (non-hydrogen) atoms. The molecule has 1 aliphatic heterocycles. The molecule has 4 nitrogen and oxygen atoms in total. The quantitative estimate of drug-likeness (QED) is 0.762. The summed E-state index contributed by atoms with van der Waals surface area (Å²) in [5.74, 6) is 0. The Bertz CT molecular complexity index is 193.